The number of benzene rings is 2. The second kappa shape index (κ2) is 8.71. The summed E-state index contributed by atoms with van der Waals surface area (Å²) >= 11 is 6.07. The number of para-hydroxylation sites is 1. The fourth-order valence-corrected chi connectivity index (χ4v) is 2.25. The molecule has 0 spiro atoms. The third-order valence-electron chi connectivity index (χ3n) is 3.27. The van der Waals surface area contributed by atoms with Crippen molar-refractivity contribution in [3.8, 4) is 5.75 Å². The molecule has 0 unspecified atom stereocenters. The van der Waals surface area contributed by atoms with Gasteiger partial charge in [0.1, 0.15) is 12.4 Å². The zero-order chi connectivity index (χ0) is 14.9. The summed E-state index contributed by atoms with van der Waals surface area (Å²) in [5.41, 5.74) is 2.50. The lowest BCUT2D eigenvalue weighted by atomic mass is 10.1. The Labute approximate surface area is 132 Å². The number of halogens is 1. The zero-order valence-electron chi connectivity index (χ0n) is 12.4. The Morgan fingerprint density at radius 3 is 2.38 bits per heavy atom. The van der Waals surface area contributed by atoms with Crippen molar-refractivity contribution in [3.05, 3.63) is 64.7 Å². The lowest BCUT2D eigenvalue weighted by Crippen LogP contribution is -2.17. The third-order valence-corrected chi connectivity index (χ3v) is 3.58. The first kappa shape index (κ1) is 15.9. The molecule has 0 heterocycles. The van der Waals surface area contributed by atoms with Crippen LogP contribution in [0, 0.1) is 0 Å². The predicted molar refractivity (Wildman–Crippen MR) is 89.1 cm³/mol. The van der Waals surface area contributed by atoms with Gasteiger partial charge < -0.3 is 10.1 Å². The summed E-state index contributed by atoms with van der Waals surface area (Å²) in [4.78, 5) is 0. The molecular formula is C18H22ClNO. The van der Waals surface area contributed by atoms with Crippen LogP contribution in [0.2, 0.25) is 5.02 Å². The molecule has 0 aliphatic rings. The minimum Gasteiger partial charge on any atom is -0.487 e. The summed E-state index contributed by atoms with van der Waals surface area (Å²) < 4.78 is 5.73. The van der Waals surface area contributed by atoms with E-state index in [1.165, 1.54) is 12.0 Å². The Morgan fingerprint density at radius 2 is 1.67 bits per heavy atom. The molecule has 0 saturated carbocycles. The Kier molecular flexibility index (Phi) is 6.58. The first-order valence-corrected chi connectivity index (χ1v) is 7.83. The molecule has 3 heteroatoms. The summed E-state index contributed by atoms with van der Waals surface area (Å²) in [7, 11) is 0. The molecule has 2 nitrogen and oxygen atoms in total. The Morgan fingerprint density at radius 1 is 0.952 bits per heavy atom. The molecule has 1 N–H and O–H groups in total. The van der Waals surface area contributed by atoms with Gasteiger partial charge in [-0.05, 0) is 49.2 Å². The van der Waals surface area contributed by atoms with Crippen LogP contribution in [0.5, 0.6) is 5.75 Å². The molecule has 112 valence electrons. The number of rotatable bonds is 8. The molecule has 2 aromatic rings. The monoisotopic (exact) mass is 303 g/mol. The Balaban J connectivity index is 1.81. The maximum atomic E-state index is 6.07. The van der Waals surface area contributed by atoms with E-state index in [1.807, 2.05) is 24.3 Å². The van der Waals surface area contributed by atoms with Crippen LogP contribution in [-0.4, -0.2) is 13.1 Å². The van der Waals surface area contributed by atoms with E-state index in [2.05, 4.69) is 36.5 Å². The highest BCUT2D eigenvalue weighted by molar-refractivity contribution is 6.32. The number of hydrogen-bond donors (Lipinski definition) is 1. The molecule has 0 aliphatic carbocycles. The van der Waals surface area contributed by atoms with E-state index in [0.29, 0.717) is 11.6 Å². The van der Waals surface area contributed by atoms with Crippen molar-refractivity contribution >= 4 is 11.6 Å². The number of hydrogen-bond acceptors (Lipinski definition) is 2. The molecule has 0 aromatic heterocycles. The molecule has 2 rings (SSSR count). The molecule has 0 radical (unpaired) electrons. The van der Waals surface area contributed by atoms with Gasteiger partial charge in [0.2, 0.25) is 0 Å². The van der Waals surface area contributed by atoms with Crippen LogP contribution < -0.4 is 10.1 Å². The van der Waals surface area contributed by atoms with Crippen LogP contribution >= 0.6 is 11.6 Å². The first-order valence-electron chi connectivity index (χ1n) is 7.45. The van der Waals surface area contributed by atoms with E-state index in [1.54, 1.807) is 0 Å². The molecule has 0 aliphatic heterocycles. The van der Waals surface area contributed by atoms with E-state index in [4.69, 9.17) is 16.3 Å². The van der Waals surface area contributed by atoms with Crippen molar-refractivity contribution in [3.63, 3.8) is 0 Å². The van der Waals surface area contributed by atoms with Crippen molar-refractivity contribution in [2.75, 3.05) is 13.1 Å². The van der Waals surface area contributed by atoms with Gasteiger partial charge in [-0.15, -0.1) is 0 Å². The molecule has 21 heavy (non-hydrogen) atoms. The average molecular weight is 304 g/mol. The van der Waals surface area contributed by atoms with Gasteiger partial charge in [-0.1, -0.05) is 54.9 Å². The van der Waals surface area contributed by atoms with E-state index >= 15 is 0 Å². The van der Waals surface area contributed by atoms with Crippen LogP contribution in [-0.2, 0) is 13.0 Å². The van der Waals surface area contributed by atoms with E-state index in [-0.39, 0.29) is 0 Å². The molecular weight excluding hydrogens is 282 g/mol. The molecule has 0 bridgehead atoms. The van der Waals surface area contributed by atoms with Gasteiger partial charge in [0, 0.05) is 0 Å². The quantitative estimate of drug-likeness (QED) is 0.727. The largest absolute Gasteiger partial charge is 0.487 e. The lowest BCUT2D eigenvalue weighted by Gasteiger charge is -2.09. The maximum absolute atomic E-state index is 6.07. The number of ether oxygens (including phenoxy) is 1. The second-order valence-electron chi connectivity index (χ2n) is 5.04. The molecule has 0 amide bonds. The van der Waals surface area contributed by atoms with Crippen molar-refractivity contribution in [2.45, 2.75) is 26.4 Å². The van der Waals surface area contributed by atoms with Gasteiger partial charge >= 0.3 is 0 Å². The average Bonchev–Trinajstić information content (AvgIpc) is 2.52. The second-order valence-corrected chi connectivity index (χ2v) is 5.44. The molecule has 0 saturated heterocycles. The van der Waals surface area contributed by atoms with Gasteiger partial charge in [0.05, 0.1) is 5.02 Å². The number of nitrogens with one attached hydrogen (secondary N) is 1. The van der Waals surface area contributed by atoms with Crippen molar-refractivity contribution in [1.82, 2.24) is 5.32 Å². The highest BCUT2D eigenvalue weighted by Crippen LogP contribution is 2.24. The molecule has 0 fully saturated rings. The zero-order valence-corrected chi connectivity index (χ0v) is 13.2. The normalized spacial score (nSPS) is 10.6. The van der Waals surface area contributed by atoms with E-state index in [0.717, 1.165) is 30.8 Å². The fourth-order valence-electron chi connectivity index (χ4n) is 2.06. The van der Waals surface area contributed by atoms with Crippen molar-refractivity contribution < 1.29 is 4.74 Å². The van der Waals surface area contributed by atoms with Gasteiger partial charge in [-0.2, -0.15) is 0 Å². The van der Waals surface area contributed by atoms with Crippen molar-refractivity contribution in [1.29, 1.82) is 0 Å². The topological polar surface area (TPSA) is 21.3 Å². The van der Waals surface area contributed by atoms with Crippen LogP contribution in [0.25, 0.3) is 0 Å². The highest BCUT2D eigenvalue weighted by atomic mass is 35.5. The minimum atomic E-state index is 0.540. The smallest absolute Gasteiger partial charge is 0.138 e. The lowest BCUT2D eigenvalue weighted by molar-refractivity contribution is 0.306. The minimum absolute atomic E-state index is 0.540. The van der Waals surface area contributed by atoms with Gasteiger partial charge in [-0.3, -0.25) is 0 Å². The van der Waals surface area contributed by atoms with Crippen LogP contribution in [0.15, 0.2) is 48.5 Å². The van der Waals surface area contributed by atoms with E-state index in [9.17, 15) is 0 Å². The SMILES string of the molecule is CCCNCCc1ccc(COc2ccccc2Cl)cc1. The Hall–Kier alpha value is -1.51. The molecule has 2 aromatic carbocycles. The summed E-state index contributed by atoms with van der Waals surface area (Å²) in [6.45, 7) is 4.84. The Bertz CT molecular complexity index is 539. The predicted octanol–water partition coefficient (Wildman–Crippen LogP) is 4.46. The van der Waals surface area contributed by atoms with Crippen LogP contribution in [0.1, 0.15) is 24.5 Å². The van der Waals surface area contributed by atoms with Crippen LogP contribution in [0.4, 0.5) is 0 Å². The maximum Gasteiger partial charge on any atom is 0.138 e. The third kappa shape index (κ3) is 5.41. The summed E-state index contributed by atoms with van der Waals surface area (Å²) in [5, 5.41) is 4.06. The molecule has 0 atom stereocenters. The fraction of sp³-hybridized carbons (Fsp3) is 0.333. The highest BCUT2D eigenvalue weighted by Gasteiger charge is 2.01. The van der Waals surface area contributed by atoms with Gasteiger partial charge in [0.25, 0.3) is 0 Å². The summed E-state index contributed by atoms with van der Waals surface area (Å²) in [6.07, 6.45) is 2.24. The first-order chi connectivity index (χ1) is 10.3. The van der Waals surface area contributed by atoms with Crippen LogP contribution in [0.3, 0.4) is 0 Å². The van der Waals surface area contributed by atoms with Gasteiger partial charge in [0.15, 0.2) is 0 Å². The van der Waals surface area contributed by atoms with E-state index < -0.39 is 0 Å². The standard InChI is InChI=1S/C18H22ClNO/c1-2-12-20-13-11-15-7-9-16(10-8-15)14-21-18-6-4-3-5-17(18)19/h3-10,20H,2,11-14H2,1H3. The van der Waals surface area contributed by atoms with Gasteiger partial charge in [-0.25, -0.2) is 0 Å². The summed E-state index contributed by atoms with van der Waals surface area (Å²) in [6, 6.07) is 16.1. The van der Waals surface area contributed by atoms with Crippen molar-refractivity contribution in [2.24, 2.45) is 0 Å². The summed E-state index contributed by atoms with van der Waals surface area (Å²) in [5.74, 6) is 0.729.